The molecule has 0 unspecified atom stereocenters. The van der Waals surface area contributed by atoms with Gasteiger partial charge in [-0.25, -0.2) is 4.79 Å². The van der Waals surface area contributed by atoms with Crippen molar-refractivity contribution in [3.8, 4) is 0 Å². The first kappa shape index (κ1) is 20.6. The molecule has 2 N–H and O–H groups in total. The maximum Gasteiger partial charge on any atom is 0.408 e. The second-order valence-corrected chi connectivity index (χ2v) is 8.49. The normalized spacial score (nSPS) is 16.6. The van der Waals surface area contributed by atoms with E-state index in [1.165, 1.54) is 0 Å². The molecule has 5 nitrogen and oxygen atoms in total. The average Bonchev–Trinajstić information content (AvgIpc) is 2.52. The van der Waals surface area contributed by atoms with E-state index in [9.17, 15) is 9.59 Å². The lowest BCUT2D eigenvalue weighted by molar-refractivity contribution is -0.120. The van der Waals surface area contributed by atoms with Gasteiger partial charge < -0.3 is 15.4 Å². The molecule has 6 heteroatoms. The Hall–Kier alpha value is -1.75. The Labute approximate surface area is 160 Å². The molecule has 0 saturated heterocycles. The molecule has 2 rings (SSSR count). The molecule has 1 fully saturated rings. The largest absolute Gasteiger partial charge is 0.444 e. The summed E-state index contributed by atoms with van der Waals surface area (Å²) >= 11 is 5.97. The molecule has 144 valence electrons. The molecule has 1 saturated carbocycles. The van der Waals surface area contributed by atoms with Crippen LogP contribution in [0, 0.1) is 0 Å². The third-order valence-corrected chi connectivity index (χ3v) is 4.69. The fourth-order valence-electron chi connectivity index (χ4n) is 3.26. The number of alkyl carbamates (subject to hydrolysis) is 1. The Morgan fingerprint density at radius 3 is 2.50 bits per heavy atom. The van der Waals surface area contributed by atoms with Gasteiger partial charge in [0.05, 0.1) is 12.0 Å². The molecule has 1 aliphatic carbocycles. The predicted molar refractivity (Wildman–Crippen MR) is 103 cm³/mol. The molecule has 0 heterocycles. The molecule has 26 heavy (non-hydrogen) atoms. The van der Waals surface area contributed by atoms with Crippen molar-refractivity contribution in [1.82, 2.24) is 10.6 Å². The minimum atomic E-state index is -0.546. The summed E-state index contributed by atoms with van der Waals surface area (Å²) in [5, 5.41) is 6.61. The number of carbonyl (C=O) groups is 2. The van der Waals surface area contributed by atoms with Gasteiger partial charge in [-0.2, -0.15) is 0 Å². The molecule has 2 amide bonds. The highest BCUT2D eigenvalue weighted by Crippen LogP contribution is 2.28. The highest BCUT2D eigenvalue weighted by Gasteiger charge is 2.35. The highest BCUT2D eigenvalue weighted by molar-refractivity contribution is 6.30. The minimum Gasteiger partial charge on any atom is -0.444 e. The molecule has 0 aliphatic heterocycles. The molecule has 0 atom stereocenters. The zero-order valence-corrected chi connectivity index (χ0v) is 16.6. The molecule has 1 aromatic rings. The number of amides is 2. The fourth-order valence-corrected chi connectivity index (χ4v) is 3.47. The van der Waals surface area contributed by atoms with Crippen molar-refractivity contribution in [2.24, 2.45) is 0 Å². The van der Waals surface area contributed by atoms with Crippen molar-refractivity contribution in [2.75, 3.05) is 6.54 Å². The maximum atomic E-state index is 12.3. The van der Waals surface area contributed by atoms with Crippen LogP contribution in [0.25, 0.3) is 0 Å². The Morgan fingerprint density at radius 2 is 1.88 bits per heavy atom. The number of rotatable bonds is 5. The predicted octanol–water partition coefficient (Wildman–Crippen LogP) is 4.23. The van der Waals surface area contributed by atoms with E-state index in [2.05, 4.69) is 10.6 Å². The summed E-state index contributed by atoms with van der Waals surface area (Å²) in [6.45, 7) is 5.93. The van der Waals surface area contributed by atoms with Crippen LogP contribution in [0.15, 0.2) is 24.3 Å². The number of hydrogen-bond acceptors (Lipinski definition) is 3. The van der Waals surface area contributed by atoms with Crippen LogP contribution in [-0.2, 0) is 16.0 Å². The first-order chi connectivity index (χ1) is 12.2. The van der Waals surface area contributed by atoms with Crippen LogP contribution in [0.2, 0.25) is 5.02 Å². The van der Waals surface area contributed by atoms with Gasteiger partial charge in [0.25, 0.3) is 0 Å². The van der Waals surface area contributed by atoms with Crippen LogP contribution in [0.5, 0.6) is 0 Å². The van der Waals surface area contributed by atoms with Crippen LogP contribution in [0.3, 0.4) is 0 Å². The van der Waals surface area contributed by atoms with E-state index < -0.39 is 17.2 Å². The number of benzene rings is 1. The Bertz CT molecular complexity index is 634. The first-order valence-corrected chi connectivity index (χ1v) is 9.58. The molecule has 1 aliphatic rings. The van der Waals surface area contributed by atoms with Gasteiger partial charge in [-0.15, -0.1) is 0 Å². The number of carbonyl (C=O) groups excluding carboxylic acids is 2. The van der Waals surface area contributed by atoms with Crippen molar-refractivity contribution in [2.45, 2.75) is 70.4 Å². The summed E-state index contributed by atoms with van der Waals surface area (Å²) in [6, 6.07) is 7.28. The molecule has 0 aromatic heterocycles. The summed E-state index contributed by atoms with van der Waals surface area (Å²) in [4.78, 5) is 24.6. The van der Waals surface area contributed by atoms with Crippen molar-refractivity contribution in [1.29, 1.82) is 0 Å². The van der Waals surface area contributed by atoms with Gasteiger partial charge in [-0.05, 0) is 51.3 Å². The van der Waals surface area contributed by atoms with Gasteiger partial charge in [0.2, 0.25) is 5.91 Å². The third kappa shape index (κ3) is 6.87. The molecular formula is C20H29ClN2O3. The Kier molecular flexibility index (Phi) is 6.93. The van der Waals surface area contributed by atoms with Crippen LogP contribution in [-0.4, -0.2) is 29.7 Å². The van der Waals surface area contributed by atoms with E-state index in [0.29, 0.717) is 11.6 Å². The van der Waals surface area contributed by atoms with Crippen molar-refractivity contribution >= 4 is 23.6 Å². The maximum absolute atomic E-state index is 12.3. The monoisotopic (exact) mass is 380 g/mol. The lowest BCUT2D eigenvalue weighted by Crippen LogP contribution is -2.57. The standard InChI is InChI=1S/C20H29ClN2O3/c1-19(2,3)26-18(25)23-20(10-5-4-6-11-20)14-22-17(24)13-15-8-7-9-16(21)12-15/h7-9,12H,4-6,10-11,13-14H2,1-3H3,(H,22,24)(H,23,25). The lowest BCUT2D eigenvalue weighted by atomic mass is 9.81. The van der Waals surface area contributed by atoms with Crippen molar-refractivity contribution in [3.63, 3.8) is 0 Å². The van der Waals surface area contributed by atoms with Gasteiger partial charge >= 0.3 is 6.09 Å². The first-order valence-electron chi connectivity index (χ1n) is 9.20. The number of nitrogens with one attached hydrogen (secondary N) is 2. The van der Waals surface area contributed by atoms with Gasteiger partial charge in [0.15, 0.2) is 0 Å². The van der Waals surface area contributed by atoms with Crippen LogP contribution in [0.4, 0.5) is 4.79 Å². The van der Waals surface area contributed by atoms with E-state index in [0.717, 1.165) is 37.7 Å². The molecule has 1 aromatic carbocycles. The van der Waals surface area contributed by atoms with Gasteiger partial charge in [-0.1, -0.05) is 43.0 Å². The van der Waals surface area contributed by atoms with Gasteiger partial charge in [-0.3, -0.25) is 4.79 Å². The minimum absolute atomic E-state index is 0.0804. The summed E-state index contributed by atoms with van der Waals surface area (Å²) in [5.41, 5.74) is -0.117. The van der Waals surface area contributed by atoms with E-state index in [4.69, 9.17) is 16.3 Å². The van der Waals surface area contributed by atoms with E-state index in [1.807, 2.05) is 32.9 Å². The third-order valence-electron chi connectivity index (χ3n) is 4.45. The van der Waals surface area contributed by atoms with E-state index in [1.54, 1.807) is 12.1 Å². The lowest BCUT2D eigenvalue weighted by Gasteiger charge is -2.38. The summed E-state index contributed by atoms with van der Waals surface area (Å²) in [7, 11) is 0. The highest BCUT2D eigenvalue weighted by atomic mass is 35.5. The zero-order valence-electron chi connectivity index (χ0n) is 15.9. The quantitative estimate of drug-likeness (QED) is 0.803. The van der Waals surface area contributed by atoms with Gasteiger partial charge in [0.1, 0.15) is 5.60 Å². The summed E-state index contributed by atoms with van der Waals surface area (Å²) < 4.78 is 5.40. The second kappa shape index (κ2) is 8.76. The van der Waals surface area contributed by atoms with Crippen LogP contribution < -0.4 is 10.6 Å². The summed E-state index contributed by atoms with van der Waals surface area (Å²) in [6.07, 6.45) is 4.72. The van der Waals surface area contributed by atoms with Crippen molar-refractivity contribution in [3.05, 3.63) is 34.9 Å². The molecule has 0 radical (unpaired) electrons. The van der Waals surface area contributed by atoms with Crippen LogP contribution in [0.1, 0.15) is 58.4 Å². The van der Waals surface area contributed by atoms with E-state index >= 15 is 0 Å². The van der Waals surface area contributed by atoms with Crippen molar-refractivity contribution < 1.29 is 14.3 Å². The second-order valence-electron chi connectivity index (χ2n) is 8.05. The summed E-state index contributed by atoms with van der Waals surface area (Å²) in [5.74, 6) is -0.0804. The van der Waals surface area contributed by atoms with Crippen LogP contribution >= 0.6 is 11.6 Å². The number of halogens is 1. The fraction of sp³-hybridized carbons (Fsp3) is 0.600. The topological polar surface area (TPSA) is 67.4 Å². The zero-order chi connectivity index (χ0) is 19.2. The molecule has 0 bridgehead atoms. The molecule has 0 spiro atoms. The molecular weight excluding hydrogens is 352 g/mol. The Morgan fingerprint density at radius 1 is 1.19 bits per heavy atom. The van der Waals surface area contributed by atoms with Gasteiger partial charge in [0, 0.05) is 11.6 Å². The SMILES string of the molecule is CC(C)(C)OC(=O)NC1(CNC(=O)Cc2cccc(Cl)c2)CCCCC1. The Balaban J connectivity index is 1.94. The average molecular weight is 381 g/mol. The van der Waals surface area contributed by atoms with E-state index in [-0.39, 0.29) is 12.3 Å². The number of hydrogen-bond donors (Lipinski definition) is 2. The number of ether oxygens (including phenoxy) is 1. The smallest absolute Gasteiger partial charge is 0.408 e.